The van der Waals surface area contributed by atoms with E-state index in [1.54, 1.807) is 18.2 Å². The van der Waals surface area contributed by atoms with Gasteiger partial charge in [0, 0.05) is 32.7 Å². The summed E-state index contributed by atoms with van der Waals surface area (Å²) in [7, 11) is -2.08. The topological polar surface area (TPSA) is 119 Å². The monoisotopic (exact) mass is 514 g/mol. The molecule has 36 heavy (non-hydrogen) atoms. The van der Waals surface area contributed by atoms with Crippen molar-refractivity contribution < 1.29 is 22.3 Å². The van der Waals surface area contributed by atoms with Crippen LogP contribution in [0.4, 0.5) is 10.2 Å². The smallest absolute Gasteiger partial charge is 0.259 e. The summed E-state index contributed by atoms with van der Waals surface area (Å²) in [4.78, 5) is 17.5. The fraction of sp³-hybridized carbons (Fsp3) is 0.417. The summed E-state index contributed by atoms with van der Waals surface area (Å²) in [6.07, 6.45) is 2.20. The number of nitrogens with zero attached hydrogens (tertiary/aromatic N) is 5. The number of pyridine rings is 1. The zero-order valence-electron chi connectivity index (χ0n) is 20.1. The summed E-state index contributed by atoms with van der Waals surface area (Å²) < 4.78 is 48.3. The first-order valence-electron chi connectivity index (χ1n) is 11.8. The number of carbonyl (C=O) groups is 1. The van der Waals surface area contributed by atoms with E-state index in [0.717, 1.165) is 18.7 Å². The molecule has 0 saturated heterocycles. The third-order valence-corrected chi connectivity index (χ3v) is 8.44. The van der Waals surface area contributed by atoms with E-state index in [1.165, 1.54) is 23.5 Å². The van der Waals surface area contributed by atoms with Crippen molar-refractivity contribution in [3.8, 4) is 11.5 Å². The van der Waals surface area contributed by atoms with Crippen molar-refractivity contribution >= 4 is 21.7 Å². The van der Waals surface area contributed by atoms with Crippen LogP contribution in [0.5, 0.6) is 0 Å². The number of benzene rings is 1. The molecular weight excluding hydrogens is 487 g/mol. The molecule has 0 saturated carbocycles. The minimum Gasteiger partial charge on any atom is -0.384 e. The molecule has 5 rings (SSSR count). The van der Waals surface area contributed by atoms with Crippen LogP contribution in [0.25, 0.3) is 11.5 Å². The number of aromatic nitrogens is 4. The fourth-order valence-corrected chi connectivity index (χ4v) is 6.03. The lowest BCUT2D eigenvalue weighted by Crippen LogP contribution is -2.38. The number of anilines is 1. The standard InChI is InChI=1S/C24H27FN6O4S/c1-15-6-7-22-28-29-23(31(15)22)20-4-3-5-21(26-20)27-24(32)18-12-17-14-30(36(33,34)11-10-35-2)9-8-16(17)13-19(18)25/h3-5,12-13,15H,6-11,14H2,1-2H3,(H,26,27,32)/t15-/m0/s1. The van der Waals surface area contributed by atoms with Crippen LogP contribution in [0.3, 0.4) is 0 Å². The van der Waals surface area contributed by atoms with Gasteiger partial charge in [-0.15, -0.1) is 10.2 Å². The third-order valence-electron chi connectivity index (χ3n) is 6.66. The zero-order chi connectivity index (χ0) is 25.4. The van der Waals surface area contributed by atoms with Gasteiger partial charge in [0.15, 0.2) is 5.82 Å². The first-order chi connectivity index (χ1) is 17.3. The molecule has 0 aliphatic carbocycles. The van der Waals surface area contributed by atoms with Crippen molar-refractivity contribution in [3.05, 3.63) is 58.7 Å². The molecule has 0 radical (unpaired) electrons. The van der Waals surface area contributed by atoms with E-state index >= 15 is 0 Å². The van der Waals surface area contributed by atoms with Gasteiger partial charge in [-0.1, -0.05) is 6.07 Å². The van der Waals surface area contributed by atoms with Gasteiger partial charge in [-0.25, -0.2) is 17.8 Å². The van der Waals surface area contributed by atoms with Crippen LogP contribution in [-0.2, 0) is 34.1 Å². The van der Waals surface area contributed by atoms with Gasteiger partial charge in [-0.05, 0) is 55.2 Å². The molecule has 12 heteroatoms. The molecule has 3 aromatic rings. The van der Waals surface area contributed by atoms with Crippen LogP contribution >= 0.6 is 0 Å². The SMILES string of the molecule is COCCS(=O)(=O)N1CCc2cc(F)c(C(=O)Nc3cccc(-c4nnc5n4[C@@H](C)CC5)n3)cc2C1. The number of rotatable bonds is 7. The van der Waals surface area contributed by atoms with Crippen molar-refractivity contribution in [1.29, 1.82) is 0 Å². The van der Waals surface area contributed by atoms with Gasteiger partial charge in [-0.3, -0.25) is 4.79 Å². The molecule has 1 N–H and O–H groups in total. The van der Waals surface area contributed by atoms with E-state index in [2.05, 4.69) is 27.4 Å². The first-order valence-corrected chi connectivity index (χ1v) is 13.4. The van der Waals surface area contributed by atoms with Crippen LogP contribution in [0.2, 0.25) is 0 Å². The Balaban J connectivity index is 1.36. The number of carbonyl (C=O) groups excluding carboxylic acids is 1. The number of ether oxygens (including phenoxy) is 1. The van der Waals surface area contributed by atoms with E-state index in [1.807, 2.05) is 4.57 Å². The number of amides is 1. The highest BCUT2D eigenvalue weighted by molar-refractivity contribution is 7.89. The van der Waals surface area contributed by atoms with Crippen molar-refractivity contribution in [3.63, 3.8) is 0 Å². The maximum absolute atomic E-state index is 14.9. The predicted octanol–water partition coefficient (Wildman–Crippen LogP) is 2.57. The Hall–Kier alpha value is -3.22. The molecule has 1 aromatic carbocycles. The normalized spacial score (nSPS) is 17.6. The van der Waals surface area contributed by atoms with Crippen LogP contribution in [0.1, 0.15) is 46.7 Å². The molecule has 2 aliphatic rings. The molecule has 0 bridgehead atoms. The summed E-state index contributed by atoms with van der Waals surface area (Å²) >= 11 is 0. The summed E-state index contributed by atoms with van der Waals surface area (Å²) in [6, 6.07) is 8.14. The number of sulfonamides is 1. The lowest BCUT2D eigenvalue weighted by molar-refractivity contribution is 0.102. The predicted molar refractivity (Wildman–Crippen MR) is 130 cm³/mol. The second-order valence-electron chi connectivity index (χ2n) is 9.05. The molecule has 10 nitrogen and oxygen atoms in total. The van der Waals surface area contributed by atoms with Crippen LogP contribution in [0, 0.1) is 5.82 Å². The number of halogens is 1. The molecule has 2 aliphatic heterocycles. The molecule has 0 spiro atoms. The zero-order valence-corrected chi connectivity index (χ0v) is 20.9. The van der Waals surface area contributed by atoms with Crippen LogP contribution in [-0.4, -0.2) is 64.4 Å². The second kappa shape index (κ2) is 9.68. The highest BCUT2D eigenvalue weighted by Crippen LogP contribution is 2.30. The molecule has 0 fully saturated rings. The minimum absolute atomic E-state index is 0.0753. The average molecular weight is 515 g/mol. The van der Waals surface area contributed by atoms with E-state index in [4.69, 9.17) is 4.74 Å². The van der Waals surface area contributed by atoms with Gasteiger partial charge in [0.2, 0.25) is 10.0 Å². The highest BCUT2D eigenvalue weighted by atomic mass is 32.2. The van der Waals surface area contributed by atoms with Crippen molar-refractivity contribution in [1.82, 2.24) is 24.1 Å². The number of methoxy groups -OCH3 is 1. The van der Waals surface area contributed by atoms with Gasteiger partial charge < -0.3 is 14.6 Å². The van der Waals surface area contributed by atoms with Gasteiger partial charge in [-0.2, -0.15) is 4.31 Å². The molecule has 0 unspecified atom stereocenters. The van der Waals surface area contributed by atoms with Gasteiger partial charge >= 0.3 is 0 Å². The second-order valence-corrected chi connectivity index (χ2v) is 11.1. The minimum atomic E-state index is -3.52. The third kappa shape index (κ3) is 4.63. The highest BCUT2D eigenvalue weighted by Gasteiger charge is 2.29. The first kappa shape index (κ1) is 24.5. The lowest BCUT2D eigenvalue weighted by atomic mass is 9.97. The summed E-state index contributed by atoms with van der Waals surface area (Å²) in [6.45, 7) is 2.51. The van der Waals surface area contributed by atoms with Crippen molar-refractivity contribution in [2.75, 3.05) is 31.3 Å². The fourth-order valence-electron chi connectivity index (χ4n) is 4.69. The summed E-state index contributed by atoms with van der Waals surface area (Å²) in [5.74, 6) is 0.315. The molecule has 2 aromatic heterocycles. The largest absolute Gasteiger partial charge is 0.384 e. The number of fused-ring (bicyclic) bond motifs is 2. The molecule has 1 amide bonds. The Kier molecular flexibility index (Phi) is 6.58. The molecular formula is C24H27FN6O4S. The van der Waals surface area contributed by atoms with Crippen LogP contribution in [0.15, 0.2) is 30.3 Å². The summed E-state index contributed by atoms with van der Waals surface area (Å²) in [5, 5.41) is 11.2. The van der Waals surface area contributed by atoms with E-state index in [9.17, 15) is 17.6 Å². The maximum Gasteiger partial charge on any atom is 0.259 e. The van der Waals surface area contributed by atoms with E-state index < -0.39 is 21.7 Å². The number of hydrogen-bond donors (Lipinski definition) is 1. The number of nitrogens with one attached hydrogen (secondary N) is 1. The lowest BCUT2D eigenvalue weighted by Gasteiger charge is -2.28. The number of hydrogen-bond acceptors (Lipinski definition) is 7. The average Bonchev–Trinajstić information content (AvgIpc) is 3.45. The van der Waals surface area contributed by atoms with Gasteiger partial charge in [0.05, 0.1) is 17.9 Å². The van der Waals surface area contributed by atoms with Crippen molar-refractivity contribution in [2.24, 2.45) is 0 Å². The van der Waals surface area contributed by atoms with Crippen molar-refractivity contribution in [2.45, 2.75) is 38.8 Å². The number of aryl methyl sites for hydroxylation is 1. The quantitative estimate of drug-likeness (QED) is 0.515. The maximum atomic E-state index is 14.9. The summed E-state index contributed by atoms with van der Waals surface area (Å²) in [5.41, 5.74) is 1.68. The Bertz CT molecular complexity index is 1420. The van der Waals surface area contributed by atoms with Crippen LogP contribution < -0.4 is 5.32 Å². The Morgan fingerprint density at radius 3 is 2.86 bits per heavy atom. The Labute approximate surface area is 208 Å². The van der Waals surface area contributed by atoms with E-state index in [0.29, 0.717) is 29.1 Å². The Morgan fingerprint density at radius 1 is 1.22 bits per heavy atom. The van der Waals surface area contributed by atoms with Gasteiger partial charge in [0.1, 0.15) is 23.2 Å². The molecule has 1 atom stereocenters. The Morgan fingerprint density at radius 2 is 2.06 bits per heavy atom. The van der Waals surface area contributed by atoms with Gasteiger partial charge in [0.25, 0.3) is 5.91 Å². The molecule has 190 valence electrons. The van der Waals surface area contributed by atoms with E-state index in [-0.39, 0.29) is 42.9 Å². The molecule has 4 heterocycles.